The summed E-state index contributed by atoms with van der Waals surface area (Å²) in [6.45, 7) is 2.46. The molecule has 4 aromatic carbocycles. The molecular formula is C32H30ClFN4O. The highest BCUT2D eigenvalue weighted by molar-refractivity contribution is 5.96. The molecule has 0 bridgehead atoms. The molecule has 7 heteroatoms. The minimum absolute atomic E-state index is 0. The zero-order valence-corrected chi connectivity index (χ0v) is 22.3. The summed E-state index contributed by atoms with van der Waals surface area (Å²) in [6, 6.07) is 33.2. The summed E-state index contributed by atoms with van der Waals surface area (Å²) in [5.74, 6) is -1.18. The van der Waals surface area contributed by atoms with Crippen LogP contribution in [0.3, 0.4) is 0 Å². The highest BCUT2D eigenvalue weighted by Crippen LogP contribution is 2.30. The fourth-order valence-electron chi connectivity index (χ4n) is 4.75. The Labute approximate surface area is 233 Å². The summed E-state index contributed by atoms with van der Waals surface area (Å²) in [6.07, 6.45) is 1.85. The van der Waals surface area contributed by atoms with Crippen LogP contribution in [0.4, 0.5) is 10.1 Å². The van der Waals surface area contributed by atoms with Crippen LogP contribution in [0.1, 0.15) is 28.3 Å². The topological polar surface area (TPSA) is 72.9 Å². The van der Waals surface area contributed by atoms with Gasteiger partial charge in [-0.15, -0.1) is 12.4 Å². The molecule has 5 rings (SSSR count). The van der Waals surface area contributed by atoms with Gasteiger partial charge in [0.25, 0.3) is 0 Å². The maximum absolute atomic E-state index is 15.3. The largest absolute Gasteiger partial charge is 0.325 e. The second-order valence-electron chi connectivity index (χ2n) is 9.32. The SMILES string of the molecule is Cc1nn(Cc2ccccc2)cc1-c1ccc(NC(=O)[C@@H](N)C(c2ccccc2)c2ccccc2)cc1F.Cl. The average Bonchev–Trinajstić information content (AvgIpc) is 3.30. The van der Waals surface area contributed by atoms with Gasteiger partial charge in [-0.3, -0.25) is 9.48 Å². The molecular weight excluding hydrogens is 511 g/mol. The highest BCUT2D eigenvalue weighted by atomic mass is 35.5. The van der Waals surface area contributed by atoms with E-state index in [0.717, 1.165) is 22.4 Å². The Hall–Kier alpha value is -4.26. The number of benzene rings is 4. The molecule has 1 amide bonds. The van der Waals surface area contributed by atoms with Crippen LogP contribution < -0.4 is 11.1 Å². The van der Waals surface area contributed by atoms with Gasteiger partial charge >= 0.3 is 0 Å². The van der Waals surface area contributed by atoms with Gasteiger partial charge < -0.3 is 11.1 Å². The van der Waals surface area contributed by atoms with E-state index in [1.807, 2.05) is 104 Å². The number of carbonyl (C=O) groups is 1. The van der Waals surface area contributed by atoms with E-state index in [1.54, 1.807) is 16.8 Å². The lowest BCUT2D eigenvalue weighted by Crippen LogP contribution is -2.41. The first-order valence-corrected chi connectivity index (χ1v) is 12.5. The maximum atomic E-state index is 15.3. The van der Waals surface area contributed by atoms with Gasteiger partial charge in [-0.2, -0.15) is 5.10 Å². The normalized spacial score (nSPS) is 11.6. The number of hydrogen-bond donors (Lipinski definition) is 2. The minimum Gasteiger partial charge on any atom is -0.325 e. The second kappa shape index (κ2) is 12.5. The average molecular weight is 541 g/mol. The van der Waals surface area contributed by atoms with Gasteiger partial charge in [0.15, 0.2) is 0 Å². The van der Waals surface area contributed by atoms with Crippen LogP contribution in [0.2, 0.25) is 0 Å². The Morgan fingerprint density at radius 3 is 2.00 bits per heavy atom. The van der Waals surface area contributed by atoms with Crippen molar-refractivity contribution in [2.75, 3.05) is 5.32 Å². The molecule has 1 heterocycles. The van der Waals surface area contributed by atoms with Gasteiger partial charge in [0.05, 0.1) is 18.3 Å². The summed E-state index contributed by atoms with van der Waals surface area (Å²) in [5, 5.41) is 7.37. The van der Waals surface area contributed by atoms with Crippen LogP contribution in [0.15, 0.2) is 115 Å². The molecule has 0 aliphatic carbocycles. The predicted molar refractivity (Wildman–Crippen MR) is 156 cm³/mol. The summed E-state index contributed by atoms with van der Waals surface area (Å²) < 4.78 is 17.1. The summed E-state index contributed by atoms with van der Waals surface area (Å²) in [7, 11) is 0. The number of anilines is 1. The van der Waals surface area contributed by atoms with Gasteiger partial charge in [0, 0.05) is 28.9 Å². The van der Waals surface area contributed by atoms with E-state index in [2.05, 4.69) is 10.4 Å². The second-order valence-corrected chi connectivity index (χ2v) is 9.32. The first-order valence-electron chi connectivity index (χ1n) is 12.5. The van der Waals surface area contributed by atoms with Crippen LogP contribution in [-0.2, 0) is 11.3 Å². The van der Waals surface area contributed by atoms with Crippen LogP contribution in [-0.4, -0.2) is 21.7 Å². The first kappa shape index (κ1) is 27.8. The molecule has 5 aromatic rings. The highest BCUT2D eigenvalue weighted by Gasteiger charge is 2.28. The van der Waals surface area contributed by atoms with E-state index in [1.165, 1.54) is 6.07 Å². The third-order valence-corrected chi connectivity index (χ3v) is 6.64. The quantitative estimate of drug-likeness (QED) is 0.234. The van der Waals surface area contributed by atoms with Gasteiger partial charge in [-0.1, -0.05) is 91.0 Å². The Bertz CT molecular complexity index is 1480. The van der Waals surface area contributed by atoms with E-state index in [-0.39, 0.29) is 24.2 Å². The molecule has 198 valence electrons. The van der Waals surface area contributed by atoms with E-state index < -0.39 is 11.9 Å². The lowest BCUT2D eigenvalue weighted by atomic mass is 9.85. The predicted octanol–water partition coefficient (Wildman–Crippen LogP) is 6.57. The summed E-state index contributed by atoms with van der Waals surface area (Å²) in [4.78, 5) is 13.2. The summed E-state index contributed by atoms with van der Waals surface area (Å²) >= 11 is 0. The molecule has 1 aromatic heterocycles. The van der Waals surface area contributed by atoms with E-state index in [0.29, 0.717) is 23.4 Å². The van der Waals surface area contributed by atoms with Crippen molar-refractivity contribution < 1.29 is 9.18 Å². The first-order chi connectivity index (χ1) is 18.5. The van der Waals surface area contributed by atoms with Crippen molar-refractivity contribution in [1.82, 2.24) is 9.78 Å². The van der Waals surface area contributed by atoms with Gasteiger partial charge in [0.1, 0.15) is 5.82 Å². The fraction of sp³-hybridized carbons (Fsp3) is 0.125. The number of carbonyl (C=O) groups excluding carboxylic acids is 1. The molecule has 0 saturated carbocycles. The van der Waals surface area contributed by atoms with Gasteiger partial charge in [-0.25, -0.2) is 4.39 Å². The van der Waals surface area contributed by atoms with E-state index >= 15 is 4.39 Å². The number of aryl methyl sites for hydroxylation is 1. The molecule has 0 aliphatic heterocycles. The number of rotatable bonds is 8. The van der Waals surface area contributed by atoms with E-state index in [4.69, 9.17) is 5.73 Å². The van der Waals surface area contributed by atoms with Crippen molar-refractivity contribution in [3.05, 3.63) is 144 Å². The Balaban J connectivity index is 0.00000353. The van der Waals surface area contributed by atoms with Crippen LogP contribution >= 0.6 is 12.4 Å². The third kappa shape index (κ3) is 6.42. The minimum atomic E-state index is -0.874. The molecule has 3 N–H and O–H groups in total. The molecule has 0 fully saturated rings. The number of nitrogens with two attached hydrogens (primary N) is 1. The number of nitrogens with one attached hydrogen (secondary N) is 1. The standard InChI is InChI=1S/C32H29FN4O.ClH/c1-22-28(21-37(36-22)20-23-11-5-2-6-12-23)27-18-17-26(19-29(27)33)35-32(38)31(34)30(24-13-7-3-8-14-24)25-15-9-4-10-16-25;/h2-19,21,30-31H,20,34H2,1H3,(H,35,38);1H/t31-;/m0./s1. The lowest BCUT2D eigenvalue weighted by Gasteiger charge is -2.24. The van der Waals surface area contributed by atoms with Crippen molar-refractivity contribution in [2.24, 2.45) is 5.73 Å². The van der Waals surface area contributed by atoms with E-state index in [9.17, 15) is 4.79 Å². The number of halogens is 2. The monoisotopic (exact) mass is 540 g/mol. The molecule has 1 atom stereocenters. The molecule has 0 saturated heterocycles. The fourth-order valence-corrected chi connectivity index (χ4v) is 4.75. The zero-order valence-electron chi connectivity index (χ0n) is 21.5. The van der Waals surface area contributed by atoms with Crippen LogP contribution in [0.25, 0.3) is 11.1 Å². The Kier molecular flexibility index (Phi) is 8.92. The molecule has 0 aliphatic rings. The maximum Gasteiger partial charge on any atom is 0.242 e. The molecule has 5 nitrogen and oxygen atoms in total. The van der Waals surface area contributed by atoms with Crippen LogP contribution in [0.5, 0.6) is 0 Å². The molecule has 0 radical (unpaired) electrons. The Morgan fingerprint density at radius 1 is 0.872 bits per heavy atom. The molecule has 0 unspecified atom stereocenters. The van der Waals surface area contributed by atoms with Crippen molar-refractivity contribution in [1.29, 1.82) is 0 Å². The van der Waals surface area contributed by atoms with Crippen molar-refractivity contribution >= 4 is 24.0 Å². The number of amides is 1. The van der Waals surface area contributed by atoms with Crippen molar-refractivity contribution in [3.63, 3.8) is 0 Å². The van der Waals surface area contributed by atoms with Gasteiger partial charge in [-0.05, 0) is 41.8 Å². The molecule has 39 heavy (non-hydrogen) atoms. The smallest absolute Gasteiger partial charge is 0.242 e. The number of hydrogen-bond acceptors (Lipinski definition) is 3. The third-order valence-electron chi connectivity index (χ3n) is 6.64. The number of nitrogens with zero attached hydrogens (tertiary/aromatic N) is 2. The van der Waals surface area contributed by atoms with Crippen molar-refractivity contribution in [2.45, 2.75) is 25.4 Å². The molecule has 0 spiro atoms. The zero-order chi connectivity index (χ0) is 26.5. The van der Waals surface area contributed by atoms with Gasteiger partial charge in [0.2, 0.25) is 5.91 Å². The van der Waals surface area contributed by atoms with Crippen molar-refractivity contribution in [3.8, 4) is 11.1 Å². The lowest BCUT2D eigenvalue weighted by molar-refractivity contribution is -0.117. The van der Waals surface area contributed by atoms with Crippen LogP contribution in [0, 0.1) is 12.7 Å². The Morgan fingerprint density at radius 2 is 1.44 bits per heavy atom. The summed E-state index contributed by atoms with van der Waals surface area (Å²) in [5.41, 5.74) is 11.7. The number of aromatic nitrogens is 2.